The highest BCUT2D eigenvalue weighted by molar-refractivity contribution is 6.58. The van der Waals surface area contributed by atoms with Crippen LogP contribution in [-0.4, -0.2) is 39.2 Å². The van der Waals surface area contributed by atoms with E-state index in [9.17, 15) is 4.79 Å². The van der Waals surface area contributed by atoms with Crippen LogP contribution in [0.15, 0.2) is 43.1 Å². The molecule has 21 heavy (non-hydrogen) atoms. The summed E-state index contributed by atoms with van der Waals surface area (Å²) < 4.78 is 1.77. The normalized spacial score (nSPS) is 11.7. The van der Waals surface area contributed by atoms with Crippen molar-refractivity contribution in [2.45, 2.75) is 18.5 Å². The first-order valence-corrected chi connectivity index (χ1v) is 9.50. The molecule has 0 aliphatic carbocycles. The third-order valence-corrected chi connectivity index (χ3v) is 6.47. The molecule has 1 atom stereocenters. The topological polar surface area (TPSA) is 84.4 Å². The second-order valence-electron chi connectivity index (χ2n) is 4.88. The summed E-state index contributed by atoms with van der Waals surface area (Å²) in [6, 6.07) is 11.9. The van der Waals surface area contributed by atoms with Crippen molar-refractivity contribution in [3.05, 3.63) is 48.7 Å². The van der Waals surface area contributed by atoms with Gasteiger partial charge in [-0.25, -0.2) is 4.79 Å². The molecule has 116 valence electrons. The molecule has 0 aliphatic heterocycles. The Morgan fingerprint density at radius 3 is 2.57 bits per heavy atom. The summed E-state index contributed by atoms with van der Waals surface area (Å²) in [4.78, 5) is 12.3. The third kappa shape index (κ3) is 6.11. The fraction of sp³-hybridized carbons (Fsp3) is 0.400. The first-order chi connectivity index (χ1) is 10.2. The molecule has 0 bridgehead atoms. The molecule has 6 heteroatoms. The molecule has 0 fully saturated rings. The zero-order valence-electron chi connectivity index (χ0n) is 12.5. The molecule has 0 spiro atoms. The summed E-state index contributed by atoms with van der Waals surface area (Å²) in [6.45, 7) is 5.54. The van der Waals surface area contributed by atoms with Crippen LogP contribution in [-0.2, 0) is 6.04 Å². The lowest BCUT2D eigenvalue weighted by molar-refractivity contribution is 0.230. The van der Waals surface area contributed by atoms with Gasteiger partial charge in [0.25, 0.3) is 0 Å². The summed E-state index contributed by atoms with van der Waals surface area (Å²) in [5.41, 5.74) is 12.4. The lowest BCUT2D eigenvalue weighted by Crippen LogP contribution is -2.48. The molecular weight excluding hydrogens is 280 g/mol. The van der Waals surface area contributed by atoms with Crippen LogP contribution < -0.4 is 16.8 Å². The minimum absolute atomic E-state index is 0.0838. The van der Waals surface area contributed by atoms with Gasteiger partial charge in [-0.05, 0) is 43.4 Å². The predicted octanol–water partition coefficient (Wildman–Crippen LogP) is 0.955. The molecule has 0 saturated carbocycles. The number of urea groups is 1. The zero-order valence-corrected chi connectivity index (χ0v) is 13.7. The molecule has 5 nitrogen and oxygen atoms in total. The summed E-state index contributed by atoms with van der Waals surface area (Å²) in [7, 11) is -1.54. The van der Waals surface area contributed by atoms with Gasteiger partial charge in [0.15, 0.2) is 8.96 Å². The summed E-state index contributed by atoms with van der Waals surface area (Å²) in [5.74, 6) is 0. The van der Waals surface area contributed by atoms with Gasteiger partial charge in [-0.3, -0.25) is 0 Å². The number of amides is 2. The Labute approximate surface area is 128 Å². The van der Waals surface area contributed by atoms with Crippen LogP contribution in [0.4, 0.5) is 4.79 Å². The van der Waals surface area contributed by atoms with Crippen molar-refractivity contribution in [3.8, 4) is 0 Å². The van der Waals surface area contributed by atoms with E-state index >= 15 is 0 Å². The van der Waals surface area contributed by atoms with Crippen LogP contribution in [0.5, 0.6) is 0 Å². The molecule has 0 aromatic heterocycles. The number of benzene rings is 1. The minimum atomic E-state index is -1.54. The maximum absolute atomic E-state index is 12.3. The van der Waals surface area contributed by atoms with E-state index in [2.05, 4.69) is 24.0 Å². The molecule has 5 N–H and O–H groups in total. The number of nitrogens with zero attached hydrogens (tertiary/aromatic N) is 1. The van der Waals surface area contributed by atoms with Gasteiger partial charge in [0.2, 0.25) is 0 Å². The number of hydrogen-bond donors (Lipinski definition) is 3. The Morgan fingerprint density at radius 2 is 2.00 bits per heavy atom. The van der Waals surface area contributed by atoms with Gasteiger partial charge in [0.05, 0.1) is 0 Å². The Bertz CT molecular complexity index is 427. The van der Waals surface area contributed by atoms with E-state index in [-0.39, 0.29) is 6.03 Å². The van der Waals surface area contributed by atoms with E-state index in [0.29, 0.717) is 19.6 Å². The number of hydrogen-bond acceptors (Lipinski definition) is 3. The van der Waals surface area contributed by atoms with Gasteiger partial charge in [-0.2, -0.15) is 0 Å². The quantitative estimate of drug-likeness (QED) is 0.469. The standard InChI is InChI=1S/C15H26N4OSi/c1-2-19(15(20)18-11-6-9-16)21(12-10-17)13-14-7-4-3-5-8-14/h2-5,7-8,21H,1,6,9-13,16-17H2,(H,18,20). The van der Waals surface area contributed by atoms with Crippen LogP contribution in [0.1, 0.15) is 12.0 Å². The van der Waals surface area contributed by atoms with E-state index < -0.39 is 8.96 Å². The van der Waals surface area contributed by atoms with E-state index in [1.807, 2.05) is 18.2 Å². The molecular formula is C15H26N4OSi. The average Bonchev–Trinajstić information content (AvgIpc) is 2.49. The monoisotopic (exact) mass is 306 g/mol. The van der Waals surface area contributed by atoms with Crippen LogP contribution in [0.25, 0.3) is 0 Å². The Balaban J connectivity index is 2.70. The Kier molecular flexibility index (Phi) is 8.42. The summed E-state index contributed by atoms with van der Waals surface area (Å²) >= 11 is 0. The Hall–Kier alpha value is -1.63. The highest BCUT2D eigenvalue weighted by Gasteiger charge is 2.22. The molecule has 0 radical (unpaired) electrons. The van der Waals surface area contributed by atoms with Gasteiger partial charge in [0.1, 0.15) is 0 Å². The lowest BCUT2D eigenvalue weighted by Gasteiger charge is -2.27. The molecule has 0 aliphatic rings. The summed E-state index contributed by atoms with van der Waals surface area (Å²) in [5, 5.41) is 2.89. The van der Waals surface area contributed by atoms with Crippen LogP contribution >= 0.6 is 0 Å². The van der Waals surface area contributed by atoms with Crippen molar-refractivity contribution >= 4 is 15.0 Å². The molecule has 1 aromatic carbocycles. The van der Waals surface area contributed by atoms with Crippen LogP contribution in [0.3, 0.4) is 0 Å². The third-order valence-electron chi connectivity index (χ3n) is 3.30. The largest absolute Gasteiger partial charge is 0.338 e. The molecule has 1 rings (SSSR count). The van der Waals surface area contributed by atoms with Crippen LogP contribution in [0, 0.1) is 0 Å². The number of nitrogens with two attached hydrogens (primary N) is 2. The molecule has 0 heterocycles. The van der Waals surface area contributed by atoms with E-state index in [1.165, 1.54) is 5.56 Å². The minimum Gasteiger partial charge on any atom is -0.338 e. The molecule has 0 saturated heterocycles. The fourth-order valence-electron chi connectivity index (χ4n) is 2.20. The first kappa shape index (κ1) is 17.4. The van der Waals surface area contributed by atoms with Gasteiger partial charge < -0.3 is 21.3 Å². The average molecular weight is 306 g/mol. The SMILES string of the molecule is C=CN(C(=O)NCCCN)[SiH](CCN)Cc1ccccc1. The summed E-state index contributed by atoms with van der Waals surface area (Å²) in [6.07, 6.45) is 2.41. The zero-order chi connectivity index (χ0) is 15.5. The van der Waals surface area contributed by atoms with Gasteiger partial charge in [-0.1, -0.05) is 36.9 Å². The van der Waals surface area contributed by atoms with E-state index in [4.69, 9.17) is 11.5 Å². The van der Waals surface area contributed by atoms with Crippen molar-refractivity contribution in [3.63, 3.8) is 0 Å². The number of carbonyl (C=O) groups is 1. The maximum atomic E-state index is 12.3. The second-order valence-corrected chi connectivity index (χ2v) is 7.73. The van der Waals surface area contributed by atoms with Crippen molar-refractivity contribution in [1.82, 2.24) is 9.88 Å². The smallest absolute Gasteiger partial charge is 0.313 e. The highest BCUT2D eigenvalue weighted by Crippen LogP contribution is 2.10. The van der Waals surface area contributed by atoms with Crippen molar-refractivity contribution in [2.75, 3.05) is 19.6 Å². The van der Waals surface area contributed by atoms with Gasteiger partial charge in [-0.15, -0.1) is 0 Å². The fourth-order valence-corrected chi connectivity index (χ4v) is 4.81. The van der Waals surface area contributed by atoms with Gasteiger partial charge in [0, 0.05) is 6.54 Å². The number of carbonyl (C=O) groups excluding carboxylic acids is 1. The maximum Gasteiger partial charge on any atom is 0.313 e. The van der Waals surface area contributed by atoms with Crippen molar-refractivity contribution in [2.24, 2.45) is 11.5 Å². The second kappa shape index (κ2) is 10.1. The van der Waals surface area contributed by atoms with Crippen molar-refractivity contribution in [1.29, 1.82) is 0 Å². The number of rotatable bonds is 9. The number of nitrogens with one attached hydrogen (secondary N) is 1. The lowest BCUT2D eigenvalue weighted by atomic mass is 10.2. The van der Waals surface area contributed by atoms with E-state index in [0.717, 1.165) is 18.5 Å². The van der Waals surface area contributed by atoms with E-state index in [1.54, 1.807) is 10.8 Å². The molecule has 1 unspecified atom stereocenters. The predicted molar refractivity (Wildman–Crippen MR) is 90.3 cm³/mol. The molecule has 1 aromatic rings. The Morgan fingerprint density at radius 1 is 1.29 bits per heavy atom. The first-order valence-electron chi connectivity index (χ1n) is 7.35. The van der Waals surface area contributed by atoms with Crippen LogP contribution in [0.2, 0.25) is 6.04 Å². The van der Waals surface area contributed by atoms with Gasteiger partial charge >= 0.3 is 6.03 Å². The molecule has 2 amide bonds. The van der Waals surface area contributed by atoms with Crippen molar-refractivity contribution < 1.29 is 4.79 Å². The highest BCUT2D eigenvalue weighted by atomic mass is 28.3.